The van der Waals surface area contributed by atoms with Gasteiger partial charge in [-0.1, -0.05) is 63.1 Å². The summed E-state index contributed by atoms with van der Waals surface area (Å²) < 4.78 is 17.9. The minimum atomic E-state index is -1.99. The van der Waals surface area contributed by atoms with E-state index in [-0.39, 0.29) is 46.7 Å². The van der Waals surface area contributed by atoms with Crippen molar-refractivity contribution in [2.75, 3.05) is 19.0 Å². The molecule has 0 aromatic heterocycles. The summed E-state index contributed by atoms with van der Waals surface area (Å²) in [5, 5.41) is 14.8. The van der Waals surface area contributed by atoms with E-state index in [0.717, 1.165) is 5.57 Å². The summed E-state index contributed by atoms with van der Waals surface area (Å²) in [7, 11) is 3.04. The molecule has 9 atom stereocenters. The molecule has 0 radical (unpaired) electrons. The van der Waals surface area contributed by atoms with Gasteiger partial charge in [-0.2, -0.15) is 11.8 Å². The van der Waals surface area contributed by atoms with Gasteiger partial charge in [-0.3, -0.25) is 19.7 Å². The zero-order chi connectivity index (χ0) is 41.0. The second kappa shape index (κ2) is 18.0. The molecule has 0 saturated carbocycles. The predicted octanol–water partition coefficient (Wildman–Crippen LogP) is 5.43. The number of fused-ring (bicyclic) bond motifs is 5. The van der Waals surface area contributed by atoms with E-state index in [1.165, 1.54) is 30.0 Å². The number of likely N-dealkylation sites (N-methyl/N-ethyl adjacent to an activating group) is 1. The van der Waals surface area contributed by atoms with Crippen LogP contribution >= 0.6 is 23.4 Å². The maximum absolute atomic E-state index is 14.1. The third-order valence-electron chi connectivity index (χ3n) is 10.8. The molecule has 0 spiro atoms. The number of aldehydes is 2. The van der Waals surface area contributed by atoms with Crippen LogP contribution in [0.25, 0.3) is 0 Å². The first-order chi connectivity index (χ1) is 25.7. The number of esters is 1. The Balaban J connectivity index is 1.71. The van der Waals surface area contributed by atoms with E-state index in [9.17, 15) is 33.9 Å². The van der Waals surface area contributed by atoms with Crippen LogP contribution in [-0.4, -0.2) is 107 Å². The molecule has 0 aliphatic carbocycles. The number of rotatable bonds is 10. The molecule has 13 nitrogen and oxygen atoms in total. The first-order valence-electron chi connectivity index (χ1n) is 18.6. The molecule has 2 saturated heterocycles. The Morgan fingerprint density at radius 3 is 2.55 bits per heavy atom. The Labute approximate surface area is 332 Å². The van der Waals surface area contributed by atoms with Gasteiger partial charge >= 0.3 is 12.1 Å². The number of alkyl carbamates (subject to hydrolysis) is 1. The molecule has 3 aliphatic heterocycles. The lowest BCUT2D eigenvalue weighted by Gasteiger charge is -2.41. The number of ether oxygens (including phenoxy) is 3. The second-order valence-corrected chi connectivity index (χ2v) is 17.8. The molecule has 3 amide bonds. The van der Waals surface area contributed by atoms with Crippen molar-refractivity contribution in [1.82, 2.24) is 10.2 Å². The fourth-order valence-electron chi connectivity index (χ4n) is 7.18. The van der Waals surface area contributed by atoms with Gasteiger partial charge in [-0.15, -0.1) is 0 Å². The highest BCUT2D eigenvalue weighted by Crippen LogP contribution is 2.49. The van der Waals surface area contributed by atoms with Crippen molar-refractivity contribution >= 4 is 65.5 Å². The Kier molecular flexibility index (Phi) is 14.4. The van der Waals surface area contributed by atoms with E-state index < -0.39 is 65.5 Å². The number of hydrogen-bond donors (Lipinski definition) is 2. The van der Waals surface area contributed by atoms with E-state index >= 15 is 0 Å². The average Bonchev–Trinajstić information content (AvgIpc) is 3.82. The number of halogens is 1. The standard InChI is InChI=1S/C40H54ClN3O10S/c1-22(2)55-24(4)13-14-33(47)43(8)26(6)37(49)53-32-18-34(48)44(9)30-17-27(16-28(20-45)35(30)41)15-23(3)11-10-12-29(21-46)40(51)19-31(52-38(50)42-40)25(5)36-39(32,7)54-36/h10-12,16-17,20-22,24-26,29,31-32,36,51H,13-15,18-19H2,1-9H3,(H,42,50)/b12-10+,23-11+/t24?,25-,26+,29+,31+,32+,36+,39+,40+/m1/s1. The summed E-state index contributed by atoms with van der Waals surface area (Å²) in [6.45, 7) is 13.0. The number of nitrogens with zero attached hydrogens (tertiary/aromatic N) is 2. The Morgan fingerprint density at radius 1 is 1.22 bits per heavy atom. The summed E-state index contributed by atoms with van der Waals surface area (Å²) in [6.07, 6.45) is 2.84. The van der Waals surface area contributed by atoms with E-state index in [1.807, 2.05) is 6.92 Å². The lowest BCUT2D eigenvalue weighted by Crippen LogP contribution is -2.61. The van der Waals surface area contributed by atoms with Gasteiger partial charge in [-0.05, 0) is 56.6 Å². The fraction of sp³-hybridized carbons (Fsp3) is 0.600. The highest BCUT2D eigenvalue weighted by molar-refractivity contribution is 8.00. The summed E-state index contributed by atoms with van der Waals surface area (Å²) >= 11 is 8.42. The van der Waals surface area contributed by atoms with Gasteiger partial charge in [-0.25, -0.2) is 9.59 Å². The number of epoxide rings is 1. The minimum absolute atomic E-state index is 0.0643. The van der Waals surface area contributed by atoms with Crippen LogP contribution in [0.2, 0.25) is 5.02 Å². The summed E-state index contributed by atoms with van der Waals surface area (Å²) in [4.78, 5) is 80.9. The molecule has 3 heterocycles. The van der Waals surface area contributed by atoms with Crippen LogP contribution in [0.5, 0.6) is 0 Å². The number of carbonyl (C=O) groups is 6. The highest BCUT2D eigenvalue weighted by Gasteiger charge is 2.64. The van der Waals surface area contributed by atoms with Gasteiger partial charge in [0.1, 0.15) is 30.1 Å². The molecule has 2 N–H and O–H groups in total. The summed E-state index contributed by atoms with van der Waals surface area (Å²) in [5.74, 6) is -3.24. The van der Waals surface area contributed by atoms with Crippen molar-refractivity contribution in [2.24, 2.45) is 11.8 Å². The summed E-state index contributed by atoms with van der Waals surface area (Å²) in [5.41, 5.74) is -1.36. The van der Waals surface area contributed by atoms with Gasteiger partial charge < -0.3 is 33.9 Å². The molecule has 3 aliphatic rings. The smallest absolute Gasteiger partial charge is 0.409 e. The van der Waals surface area contributed by atoms with Crippen LogP contribution in [0.3, 0.4) is 0 Å². The largest absolute Gasteiger partial charge is 0.457 e. The molecule has 1 unspecified atom stereocenters. The van der Waals surface area contributed by atoms with Crippen molar-refractivity contribution in [3.05, 3.63) is 52.1 Å². The molecule has 1 aromatic rings. The van der Waals surface area contributed by atoms with Gasteiger partial charge in [0, 0.05) is 43.7 Å². The fourth-order valence-corrected chi connectivity index (χ4v) is 8.64. The number of benzene rings is 1. The van der Waals surface area contributed by atoms with Crippen molar-refractivity contribution in [2.45, 2.75) is 127 Å². The SMILES string of the molecule is C/C1=C\C=C\[C@@H](C=O)[C@@]2(O)C[C@H](OC(=O)N2)[C@@H](C)[C@@H]2O[C@@]2(C)[C@@H](OC(=O)[C@H](C)N(C)C(=O)CCC(C)SC(C)C)CC(=O)N(C)c2cc(cc(C=O)c2Cl)C1. The Bertz CT molecular complexity index is 1720. The van der Waals surface area contributed by atoms with Crippen molar-refractivity contribution in [3.63, 3.8) is 0 Å². The minimum Gasteiger partial charge on any atom is -0.457 e. The number of anilines is 1. The van der Waals surface area contributed by atoms with Crippen molar-refractivity contribution < 1.29 is 48.1 Å². The molecule has 1 aromatic carbocycles. The van der Waals surface area contributed by atoms with Gasteiger partial charge in [0.2, 0.25) is 11.8 Å². The molecular formula is C40H54ClN3O10S. The van der Waals surface area contributed by atoms with Gasteiger partial charge in [0.05, 0.1) is 29.2 Å². The second-order valence-electron chi connectivity index (χ2n) is 15.4. The number of amides is 3. The van der Waals surface area contributed by atoms with Crippen LogP contribution < -0.4 is 10.2 Å². The third-order valence-corrected chi connectivity index (χ3v) is 12.4. The summed E-state index contributed by atoms with van der Waals surface area (Å²) in [6, 6.07) is 2.31. The molecular weight excluding hydrogens is 750 g/mol. The van der Waals surface area contributed by atoms with Crippen molar-refractivity contribution in [1.29, 1.82) is 0 Å². The predicted molar refractivity (Wildman–Crippen MR) is 210 cm³/mol. The number of thioether (sulfide) groups is 1. The van der Waals surface area contributed by atoms with Gasteiger partial charge in [0.15, 0.2) is 12.0 Å². The quantitative estimate of drug-likeness (QED) is 0.176. The third kappa shape index (κ3) is 10.4. The van der Waals surface area contributed by atoms with Crippen LogP contribution in [0.1, 0.15) is 90.1 Å². The highest BCUT2D eigenvalue weighted by atomic mass is 35.5. The lowest BCUT2D eigenvalue weighted by atomic mass is 9.82. The monoisotopic (exact) mass is 803 g/mol. The Hall–Kier alpha value is -3.72. The number of carbonyl (C=O) groups excluding carboxylic acids is 6. The molecule has 55 heavy (non-hydrogen) atoms. The van der Waals surface area contributed by atoms with Crippen LogP contribution in [0.15, 0.2) is 35.9 Å². The van der Waals surface area contributed by atoms with E-state index in [0.29, 0.717) is 36.2 Å². The van der Waals surface area contributed by atoms with E-state index in [2.05, 4.69) is 26.1 Å². The first-order valence-corrected chi connectivity index (χ1v) is 19.9. The van der Waals surface area contributed by atoms with Gasteiger partial charge in [0.25, 0.3) is 0 Å². The average molecular weight is 804 g/mol. The van der Waals surface area contributed by atoms with Crippen LogP contribution in [0, 0.1) is 11.8 Å². The molecule has 2 fully saturated rings. The first kappa shape index (κ1) is 44.0. The maximum atomic E-state index is 14.1. The van der Waals surface area contributed by atoms with Crippen LogP contribution in [-0.2, 0) is 39.8 Å². The topological polar surface area (TPSA) is 172 Å². The Morgan fingerprint density at radius 2 is 1.91 bits per heavy atom. The zero-order valence-electron chi connectivity index (χ0n) is 33.0. The number of aliphatic hydroxyl groups is 1. The number of hydrogen-bond acceptors (Lipinski definition) is 11. The number of allylic oxidation sites excluding steroid dienone is 3. The number of nitrogens with one attached hydrogen (secondary N) is 1. The molecule has 4 bridgehead atoms. The van der Waals surface area contributed by atoms with Crippen molar-refractivity contribution in [3.8, 4) is 0 Å². The van der Waals surface area contributed by atoms with E-state index in [1.54, 1.807) is 56.8 Å². The zero-order valence-corrected chi connectivity index (χ0v) is 34.6. The molecule has 4 rings (SSSR count). The molecule has 302 valence electrons. The van der Waals surface area contributed by atoms with Crippen LogP contribution in [0.4, 0.5) is 10.5 Å². The maximum Gasteiger partial charge on any atom is 0.409 e. The lowest BCUT2D eigenvalue weighted by molar-refractivity contribution is -0.162. The molecule has 15 heteroatoms. The normalized spacial score (nSPS) is 31.1. The van der Waals surface area contributed by atoms with E-state index in [4.69, 9.17) is 25.8 Å².